The summed E-state index contributed by atoms with van der Waals surface area (Å²) in [6, 6.07) is 0. The molecule has 1 aromatic heterocycles. The first-order valence-electron chi connectivity index (χ1n) is 11.5. The van der Waals surface area contributed by atoms with E-state index in [-0.39, 0.29) is 11.3 Å². The third kappa shape index (κ3) is 2.96. The van der Waals surface area contributed by atoms with E-state index in [2.05, 4.69) is 22.1 Å². The summed E-state index contributed by atoms with van der Waals surface area (Å²) in [5.41, 5.74) is -0.270. The summed E-state index contributed by atoms with van der Waals surface area (Å²) in [7, 11) is 0. The van der Waals surface area contributed by atoms with Gasteiger partial charge in [0.1, 0.15) is 17.9 Å². The highest BCUT2D eigenvalue weighted by atomic mass is 16.3. The molecule has 5 nitrogen and oxygen atoms in total. The smallest absolute Gasteiger partial charge is 0.144 e. The van der Waals surface area contributed by atoms with Crippen molar-refractivity contribution in [1.82, 2.24) is 15.2 Å². The molecule has 8 atom stereocenters. The van der Waals surface area contributed by atoms with Crippen LogP contribution < -0.4 is 0 Å². The Morgan fingerprint density at radius 2 is 1.93 bits per heavy atom. The number of carbonyl (C=O) groups is 1. The SMILES string of the molecule is C[C@@]1(O)CC[C@H]2[C@@H](CC[C@@H]3[C@@H]2CC[C@]2(C)[C@@H](C(=O)Cc4nnc[nH]4)CC[C@@H]32)C1. The predicted octanol–water partition coefficient (Wildman–Crippen LogP) is 3.94. The van der Waals surface area contributed by atoms with E-state index < -0.39 is 5.60 Å². The van der Waals surface area contributed by atoms with E-state index in [1.807, 2.05) is 6.92 Å². The van der Waals surface area contributed by atoms with Gasteiger partial charge in [0.25, 0.3) is 0 Å². The third-order valence-electron chi connectivity index (χ3n) is 9.43. The molecule has 0 unspecified atom stereocenters. The summed E-state index contributed by atoms with van der Waals surface area (Å²) in [5.74, 6) is 5.13. The molecule has 2 N–H and O–H groups in total. The van der Waals surface area contributed by atoms with E-state index in [9.17, 15) is 9.90 Å². The normalized spacial score (nSPS) is 47.8. The second kappa shape index (κ2) is 6.65. The van der Waals surface area contributed by atoms with Gasteiger partial charge in [0.15, 0.2) is 0 Å². The van der Waals surface area contributed by atoms with Crippen LogP contribution in [0.15, 0.2) is 6.33 Å². The highest BCUT2D eigenvalue weighted by Crippen LogP contribution is 2.64. The Hall–Kier alpha value is -1.23. The van der Waals surface area contributed by atoms with Gasteiger partial charge in [0.2, 0.25) is 0 Å². The number of hydrogen-bond acceptors (Lipinski definition) is 4. The van der Waals surface area contributed by atoms with Crippen LogP contribution in [0.4, 0.5) is 0 Å². The van der Waals surface area contributed by atoms with Crippen LogP contribution in [0.2, 0.25) is 0 Å². The van der Waals surface area contributed by atoms with Crippen molar-refractivity contribution in [3.8, 4) is 0 Å². The summed E-state index contributed by atoms with van der Waals surface area (Å²) in [6.45, 7) is 4.45. The fourth-order valence-electron chi connectivity index (χ4n) is 8.22. The molecule has 0 bridgehead atoms. The lowest BCUT2D eigenvalue weighted by Crippen LogP contribution is -2.51. The molecule has 1 aromatic rings. The van der Waals surface area contributed by atoms with Gasteiger partial charge in [-0.15, -0.1) is 10.2 Å². The fourth-order valence-corrected chi connectivity index (χ4v) is 8.22. The van der Waals surface area contributed by atoms with Gasteiger partial charge in [-0.25, -0.2) is 0 Å². The number of aromatic nitrogens is 3. The van der Waals surface area contributed by atoms with Crippen molar-refractivity contribution < 1.29 is 9.90 Å². The Balaban J connectivity index is 1.32. The highest BCUT2D eigenvalue weighted by Gasteiger charge is 2.58. The van der Waals surface area contributed by atoms with Crippen LogP contribution >= 0.6 is 0 Å². The van der Waals surface area contributed by atoms with Crippen LogP contribution in [0.5, 0.6) is 0 Å². The molecular formula is C23H35N3O2. The Kier molecular flexibility index (Phi) is 4.46. The molecule has 0 saturated heterocycles. The van der Waals surface area contributed by atoms with Gasteiger partial charge in [0, 0.05) is 5.92 Å². The van der Waals surface area contributed by atoms with E-state index in [1.165, 1.54) is 38.5 Å². The molecule has 1 heterocycles. The summed E-state index contributed by atoms with van der Waals surface area (Å²) in [4.78, 5) is 16.1. The molecule has 4 aliphatic rings. The third-order valence-corrected chi connectivity index (χ3v) is 9.43. The first-order valence-corrected chi connectivity index (χ1v) is 11.5. The number of aliphatic hydroxyl groups is 1. The van der Waals surface area contributed by atoms with Gasteiger partial charge in [-0.05, 0) is 99.7 Å². The zero-order valence-corrected chi connectivity index (χ0v) is 17.4. The predicted molar refractivity (Wildman–Crippen MR) is 106 cm³/mol. The number of rotatable bonds is 3. The van der Waals surface area contributed by atoms with E-state index in [0.29, 0.717) is 23.9 Å². The lowest BCUT2D eigenvalue weighted by molar-refractivity contribution is -0.131. The molecule has 28 heavy (non-hydrogen) atoms. The first kappa shape index (κ1) is 18.8. The van der Waals surface area contributed by atoms with Crippen molar-refractivity contribution in [2.75, 3.05) is 0 Å². The van der Waals surface area contributed by atoms with Gasteiger partial charge in [-0.2, -0.15) is 0 Å². The maximum absolute atomic E-state index is 13.1. The molecule has 5 rings (SSSR count). The zero-order chi connectivity index (χ0) is 19.5. The minimum absolute atomic E-state index is 0.172. The average Bonchev–Trinajstić information content (AvgIpc) is 3.27. The lowest BCUT2D eigenvalue weighted by atomic mass is 9.49. The van der Waals surface area contributed by atoms with Crippen LogP contribution in [-0.4, -0.2) is 31.7 Å². The Morgan fingerprint density at radius 1 is 1.11 bits per heavy atom. The largest absolute Gasteiger partial charge is 0.390 e. The quantitative estimate of drug-likeness (QED) is 0.826. The number of H-pyrrole nitrogens is 1. The Bertz CT molecular complexity index is 730. The van der Waals surface area contributed by atoms with Crippen LogP contribution in [0.3, 0.4) is 0 Å². The molecule has 0 amide bonds. The summed E-state index contributed by atoms with van der Waals surface area (Å²) < 4.78 is 0. The number of nitrogens with one attached hydrogen (secondary N) is 1. The van der Waals surface area contributed by atoms with Gasteiger partial charge >= 0.3 is 0 Å². The lowest BCUT2D eigenvalue weighted by Gasteiger charge is -2.56. The number of hydrogen-bond donors (Lipinski definition) is 2. The van der Waals surface area contributed by atoms with Crippen LogP contribution in [0, 0.1) is 40.9 Å². The monoisotopic (exact) mass is 385 g/mol. The van der Waals surface area contributed by atoms with Crippen molar-refractivity contribution in [2.45, 2.75) is 83.7 Å². The van der Waals surface area contributed by atoms with E-state index >= 15 is 0 Å². The van der Waals surface area contributed by atoms with Crippen molar-refractivity contribution in [2.24, 2.45) is 40.9 Å². The summed E-state index contributed by atoms with van der Waals surface area (Å²) >= 11 is 0. The van der Waals surface area contributed by atoms with Crippen LogP contribution in [-0.2, 0) is 11.2 Å². The molecule has 154 valence electrons. The number of fused-ring (bicyclic) bond motifs is 5. The van der Waals surface area contributed by atoms with Crippen molar-refractivity contribution in [3.05, 3.63) is 12.2 Å². The molecular weight excluding hydrogens is 350 g/mol. The first-order chi connectivity index (χ1) is 13.4. The van der Waals surface area contributed by atoms with Crippen LogP contribution in [0.1, 0.15) is 77.5 Å². The molecule has 4 saturated carbocycles. The maximum atomic E-state index is 13.1. The minimum Gasteiger partial charge on any atom is -0.390 e. The maximum Gasteiger partial charge on any atom is 0.144 e. The van der Waals surface area contributed by atoms with Gasteiger partial charge < -0.3 is 10.1 Å². The standard InChI is InChI=1S/C23H35N3O2/c1-22(28)9-7-15-14(12-22)3-4-17-16(15)8-10-23(2)18(17)5-6-19(23)20(27)11-21-24-13-25-26-21/h13-19,28H,3-12H2,1-2H3,(H,24,25,26)/t14-,15-,16+,17+,18-,19+,22+,23-/m0/s1. The van der Waals surface area contributed by atoms with Gasteiger partial charge in [-0.3, -0.25) is 4.79 Å². The number of ketones is 1. The molecule has 0 spiro atoms. The van der Waals surface area contributed by atoms with Crippen molar-refractivity contribution >= 4 is 5.78 Å². The molecule has 0 aliphatic heterocycles. The van der Waals surface area contributed by atoms with E-state index in [4.69, 9.17) is 0 Å². The second-order valence-corrected chi connectivity index (χ2v) is 10.9. The molecule has 5 heteroatoms. The Labute approximate surface area is 168 Å². The number of nitrogens with zero attached hydrogens (tertiary/aromatic N) is 2. The Morgan fingerprint density at radius 3 is 2.71 bits per heavy atom. The van der Waals surface area contributed by atoms with Crippen molar-refractivity contribution in [3.63, 3.8) is 0 Å². The van der Waals surface area contributed by atoms with Crippen LogP contribution in [0.25, 0.3) is 0 Å². The second-order valence-electron chi connectivity index (χ2n) is 10.9. The molecule has 0 aromatic carbocycles. The van der Waals surface area contributed by atoms with Gasteiger partial charge in [-0.1, -0.05) is 6.92 Å². The zero-order valence-electron chi connectivity index (χ0n) is 17.4. The number of Topliss-reactive ketones (excluding diaryl/α,β-unsaturated/α-hetero) is 1. The van der Waals surface area contributed by atoms with Crippen molar-refractivity contribution in [1.29, 1.82) is 0 Å². The highest BCUT2D eigenvalue weighted by molar-refractivity contribution is 5.83. The number of carbonyl (C=O) groups excluding carboxylic acids is 1. The molecule has 0 radical (unpaired) electrons. The fraction of sp³-hybridized carbons (Fsp3) is 0.870. The van der Waals surface area contributed by atoms with E-state index in [0.717, 1.165) is 42.9 Å². The number of aromatic amines is 1. The minimum atomic E-state index is -0.442. The van der Waals surface area contributed by atoms with E-state index in [1.54, 1.807) is 6.33 Å². The summed E-state index contributed by atoms with van der Waals surface area (Å²) in [5, 5.41) is 18.4. The topological polar surface area (TPSA) is 78.9 Å². The average molecular weight is 386 g/mol. The molecule has 4 aliphatic carbocycles. The molecule has 4 fully saturated rings. The summed E-state index contributed by atoms with van der Waals surface area (Å²) in [6.07, 6.45) is 12.5. The van der Waals surface area contributed by atoms with Gasteiger partial charge in [0.05, 0.1) is 12.0 Å².